The normalized spacial score (nSPS) is 14.1. The maximum absolute atomic E-state index is 12.0. The van der Waals surface area contributed by atoms with Gasteiger partial charge in [0.1, 0.15) is 5.75 Å². The van der Waals surface area contributed by atoms with Gasteiger partial charge in [0.05, 0.1) is 4.47 Å². The lowest BCUT2D eigenvalue weighted by Gasteiger charge is -2.15. The van der Waals surface area contributed by atoms with Gasteiger partial charge in [-0.25, -0.2) is 0 Å². The van der Waals surface area contributed by atoms with Crippen LogP contribution in [-0.4, -0.2) is 16.4 Å². The number of phenolic OH excluding ortho intramolecular Hbond substituents is 1. The zero-order valence-electron chi connectivity index (χ0n) is 6.72. The summed E-state index contributed by atoms with van der Waals surface area (Å²) in [6.45, 7) is 0. The van der Waals surface area contributed by atoms with E-state index in [-0.39, 0.29) is 15.8 Å². The van der Waals surface area contributed by atoms with Crippen molar-refractivity contribution in [1.82, 2.24) is 0 Å². The van der Waals surface area contributed by atoms with Crippen LogP contribution < -0.4 is 0 Å². The van der Waals surface area contributed by atoms with Gasteiger partial charge < -0.3 is 10.2 Å². The largest absolute Gasteiger partial charge is 0.507 e. The third-order valence-electron chi connectivity index (χ3n) is 1.60. The van der Waals surface area contributed by atoms with Gasteiger partial charge >= 0.3 is 6.18 Å². The Hall–Kier alpha value is -0.750. The summed E-state index contributed by atoms with van der Waals surface area (Å²) in [5.41, 5.74) is -0.317. The molecule has 2 N–H and O–H groups in total. The molecule has 14 heavy (non-hydrogen) atoms. The van der Waals surface area contributed by atoms with Gasteiger partial charge in [-0.05, 0) is 33.6 Å². The van der Waals surface area contributed by atoms with Crippen molar-refractivity contribution in [2.45, 2.75) is 12.3 Å². The summed E-state index contributed by atoms with van der Waals surface area (Å²) in [6, 6.07) is 3.11. The number of phenols is 1. The summed E-state index contributed by atoms with van der Waals surface area (Å²) in [4.78, 5) is 0. The minimum atomic E-state index is -4.70. The van der Waals surface area contributed by atoms with Crippen molar-refractivity contribution < 1.29 is 23.4 Å². The molecule has 6 heteroatoms. The maximum Gasteiger partial charge on any atom is 0.418 e. The smallest absolute Gasteiger partial charge is 0.418 e. The third kappa shape index (κ3) is 2.39. The number of aliphatic hydroxyl groups excluding tert-OH is 1. The van der Waals surface area contributed by atoms with Crippen molar-refractivity contribution in [1.29, 1.82) is 0 Å². The van der Waals surface area contributed by atoms with E-state index in [0.717, 1.165) is 18.2 Å². The highest BCUT2D eigenvalue weighted by atomic mass is 79.9. The Morgan fingerprint density at radius 1 is 1.29 bits per heavy atom. The Bertz CT molecular complexity index is 338. The summed E-state index contributed by atoms with van der Waals surface area (Å²) in [7, 11) is 0. The molecular formula is C8H6BrF3O2. The summed E-state index contributed by atoms with van der Waals surface area (Å²) in [5, 5.41) is 17.9. The van der Waals surface area contributed by atoms with Crippen molar-refractivity contribution in [3.63, 3.8) is 0 Å². The molecular weight excluding hydrogens is 265 g/mol. The SMILES string of the molecule is Oc1ccc([C@@H](O)C(F)(F)F)cc1Br. The molecule has 0 radical (unpaired) electrons. The van der Waals surface area contributed by atoms with Gasteiger partial charge in [0.25, 0.3) is 0 Å². The first-order valence-electron chi connectivity index (χ1n) is 3.55. The van der Waals surface area contributed by atoms with E-state index in [1.54, 1.807) is 0 Å². The molecule has 0 saturated heterocycles. The summed E-state index contributed by atoms with van der Waals surface area (Å²) in [6.07, 6.45) is -7.23. The molecule has 0 heterocycles. The molecule has 1 aromatic carbocycles. The fourth-order valence-corrected chi connectivity index (χ4v) is 1.28. The van der Waals surface area contributed by atoms with Crippen LogP contribution >= 0.6 is 15.9 Å². The molecule has 1 atom stereocenters. The number of rotatable bonds is 1. The van der Waals surface area contributed by atoms with E-state index in [4.69, 9.17) is 10.2 Å². The minimum Gasteiger partial charge on any atom is -0.507 e. The Morgan fingerprint density at radius 2 is 1.86 bits per heavy atom. The lowest BCUT2D eigenvalue weighted by Crippen LogP contribution is -2.20. The van der Waals surface area contributed by atoms with Crippen molar-refractivity contribution in [3.8, 4) is 5.75 Å². The molecule has 0 saturated carbocycles. The summed E-state index contributed by atoms with van der Waals surface area (Å²) >= 11 is 2.85. The van der Waals surface area contributed by atoms with Gasteiger partial charge in [-0.1, -0.05) is 6.07 Å². The number of hydrogen-bond donors (Lipinski definition) is 2. The predicted molar refractivity (Wildman–Crippen MR) is 46.8 cm³/mol. The van der Waals surface area contributed by atoms with Crippen molar-refractivity contribution in [2.75, 3.05) is 0 Å². The summed E-state index contributed by atoms with van der Waals surface area (Å²) < 4.78 is 36.2. The molecule has 2 nitrogen and oxygen atoms in total. The molecule has 0 amide bonds. The van der Waals surface area contributed by atoms with Crippen molar-refractivity contribution in [2.24, 2.45) is 0 Å². The molecule has 0 spiro atoms. The van der Waals surface area contributed by atoms with Crippen LogP contribution in [0.4, 0.5) is 13.2 Å². The summed E-state index contributed by atoms with van der Waals surface area (Å²) in [5.74, 6) is -0.178. The van der Waals surface area contributed by atoms with E-state index in [9.17, 15) is 13.2 Å². The van der Waals surface area contributed by atoms with Gasteiger partial charge in [-0.3, -0.25) is 0 Å². The van der Waals surface area contributed by atoms with Crippen LogP contribution in [0.25, 0.3) is 0 Å². The van der Waals surface area contributed by atoms with Gasteiger partial charge in [-0.15, -0.1) is 0 Å². The van der Waals surface area contributed by atoms with Crippen LogP contribution in [0.3, 0.4) is 0 Å². The Kier molecular flexibility index (Phi) is 3.06. The van der Waals surface area contributed by atoms with Gasteiger partial charge in [0.15, 0.2) is 6.10 Å². The van der Waals surface area contributed by atoms with Gasteiger partial charge in [0, 0.05) is 0 Å². The molecule has 0 aliphatic rings. The molecule has 0 aliphatic heterocycles. The predicted octanol–water partition coefficient (Wildman–Crippen LogP) is 2.75. The van der Waals surface area contributed by atoms with Crippen molar-refractivity contribution in [3.05, 3.63) is 28.2 Å². The van der Waals surface area contributed by atoms with E-state index < -0.39 is 12.3 Å². The van der Waals surface area contributed by atoms with Gasteiger partial charge in [0.2, 0.25) is 0 Å². The fourth-order valence-electron chi connectivity index (χ4n) is 0.882. The van der Waals surface area contributed by atoms with Crippen LogP contribution in [0.1, 0.15) is 11.7 Å². The zero-order valence-corrected chi connectivity index (χ0v) is 8.30. The van der Waals surface area contributed by atoms with E-state index >= 15 is 0 Å². The Morgan fingerprint density at radius 3 is 2.29 bits per heavy atom. The number of aliphatic hydroxyl groups is 1. The monoisotopic (exact) mass is 270 g/mol. The van der Waals surface area contributed by atoms with E-state index in [1.165, 1.54) is 0 Å². The number of benzene rings is 1. The number of halogens is 4. The van der Waals surface area contributed by atoms with E-state index in [0.29, 0.717) is 0 Å². The topological polar surface area (TPSA) is 40.5 Å². The van der Waals surface area contributed by atoms with E-state index in [2.05, 4.69) is 15.9 Å². The Labute approximate surface area is 86.1 Å². The fraction of sp³-hybridized carbons (Fsp3) is 0.250. The highest BCUT2D eigenvalue weighted by molar-refractivity contribution is 9.10. The molecule has 1 aromatic rings. The average molecular weight is 271 g/mol. The van der Waals surface area contributed by atoms with Crippen LogP contribution in [0.5, 0.6) is 5.75 Å². The standard InChI is InChI=1S/C8H6BrF3O2/c9-5-3-4(1-2-6(5)13)7(14)8(10,11)12/h1-3,7,13-14H/t7-/m1/s1. The third-order valence-corrected chi connectivity index (χ3v) is 2.23. The van der Waals surface area contributed by atoms with Crippen LogP contribution in [0.2, 0.25) is 0 Å². The highest BCUT2D eigenvalue weighted by Crippen LogP contribution is 2.35. The number of alkyl halides is 3. The first kappa shape index (κ1) is 11.3. The maximum atomic E-state index is 12.0. The molecule has 0 bridgehead atoms. The van der Waals surface area contributed by atoms with Crippen LogP contribution in [0.15, 0.2) is 22.7 Å². The molecule has 0 fully saturated rings. The lowest BCUT2D eigenvalue weighted by molar-refractivity contribution is -0.206. The minimum absolute atomic E-state index is 0.110. The molecule has 0 unspecified atom stereocenters. The average Bonchev–Trinajstić information content (AvgIpc) is 2.07. The second-order valence-electron chi connectivity index (χ2n) is 2.65. The molecule has 0 aliphatic carbocycles. The second kappa shape index (κ2) is 3.78. The van der Waals surface area contributed by atoms with Crippen LogP contribution in [0, 0.1) is 0 Å². The zero-order chi connectivity index (χ0) is 10.9. The van der Waals surface area contributed by atoms with E-state index in [1.807, 2.05) is 0 Å². The molecule has 1 rings (SSSR count). The second-order valence-corrected chi connectivity index (χ2v) is 3.51. The lowest BCUT2D eigenvalue weighted by atomic mass is 10.1. The molecule has 0 aromatic heterocycles. The Balaban J connectivity index is 3.03. The van der Waals surface area contributed by atoms with Crippen LogP contribution in [-0.2, 0) is 0 Å². The first-order valence-corrected chi connectivity index (χ1v) is 4.35. The van der Waals surface area contributed by atoms with Crippen molar-refractivity contribution >= 4 is 15.9 Å². The number of hydrogen-bond acceptors (Lipinski definition) is 2. The highest BCUT2D eigenvalue weighted by Gasteiger charge is 2.39. The van der Waals surface area contributed by atoms with Gasteiger partial charge in [-0.2, -0.15) is 13.2 Å². The first-order chi connectivity index (χ1) is 6.32. The quantitative estimate of drug-likeness (QED) is 0.824. The number of aromatic hydroxyl groups is 1. The molecule has 78 valence electrons.